The van der Waals surface area contributed by atoms with Gasteiger partial charge in [-0.1, -0.05) is 12.1 Å². The highest BCUT2D eigenvalue weighted by Crippen LogP contribution is 2.23. The lowest BCUT2D eigenvalue weighted by Gasteiger charge is -2.10. The van der Waals surface area contributed by atoms with Crippen molar-refractivity contribution in [1.82, 2.24) is 4.98 Å². The molecule has 1 aromatic heterocycles. The molecule has 0 bridgehead atoms. The monoisotopic (exact) mass is 281 g/mol. The average molecular weight is 281 g/mol. The zero-order valence-electron chi connectivity index (χ0n) is 11.6. The summed E-state index contributed by atoms with van der Waals surface area (Å²) in [6.07, 6.45) is 1.92. The molecule has 1 heterocycles. The lowest BCUT2D eigenvalue weighted by Crippen LogP contribution is -2.02. The molecule has 0 aliphatic heterocycles. The van der Waals surface area contributed by atoms with Gasteiger partial charge < -0.3 is 10.3 Å². The van der Waals surface area contributed by atoms with E-state index in [-0.39, 0.29) is 10.6 Å². The van der Waals surface area contributed by atoms with Gasteiger partial charge in [-0.2, -0.15) is 0 Å². The van der Waals surface area contributed by atoms with E-state index in [9.17, 15) is 10.1 Å². The highest BCUT2D eigenvalue weighted by molar-refractivity contribution is 5.83. The third-order valence-corrected chi connectivity index (χ3v) is 3.58. The Morgan fingerprint density at radius 2 is 2.10 bits per heavy atom. The first kappa shape index (κ1) is 13.2. The number of aryl methyl sites for hydroxylation is 1. The van der Waals surface area contributed by atoms with Gasteiger partial charge in [0.25, 0.3) is 5.69 Å². The average Bonchev–Trinajstić information content (AvgIpc) is 2.94. The van der Waals surface area contributed by atoms with Crippen molar-refractivity contribution in [2.24, 2.45) is 0 Å². The number of hydrogen-bond donors (Lipinski definition) is 2. The van der Waals surface area contributed by atoms with Crippen LogP contribution in [0.3, 0.4) is 0 Å². The topological polar surface area (TPSA) is 71.0 Å². The van der Waals surface area contributed by atoms with Crippen LogP contribution in [0.1, 0.15) is 11.1 Å². The summed E-state index contributed by atoms with van der Waals surface area (Å²) in [5.41, 5.74) is 4.19. The zero-order valence-corrected chi connectivity index (χ0v) is 11.6. The fraction of sp³-hybridized carbons (Fsp3) is 0.125. The third kappa shape index (κ3) is 2.58. The van der Waals surface area contributed by atoms with E-state index in [1.807, 2.05) is 25.3 Å². The Hall–Kier alpha value is -2.82. The summed E-state index contributed by atoms with van der Waals surface area (Å²) in [6.45, 7) is 2.54. The maximum Gasteiger partial charge on any atom is 0.269 e. The summed E-state index contributed by atoms with van der Waals surface area (Å²) in [7, 11) is 0. The minimum absolute atomic E-state index is 0.116. The molecule has 0 saturated heterocycles. The number of hydrogen-bond acceptors (Lipinski definition) is 3. The van der Waals surface area contributed by atoms with Crippen LogP contribution < -0.4 is 5.32 Å². The fourth-order valence-electron chi connectivity index (χ4n) is 2.45. The molecule has 0 aliphatic carbocycles. The van der Waals surface area contributed by atoms with Crippen molar-refractivity contribution < 1.29 is 4.92 Å². The predicted molar refractivity (Wildman–Crippen MR) is 83.5 cm³/mol. The molecule has 106 valence electrons. The molecule has 2 N–H and O–H groups in total. The number of rotatable bonds is 4. The molecule has 0 fully saturated rings. The van der Waals surface area contributed by atoms with Crippen LogP contribution in [0.25, 0.3) is 10.9 Å². The normalized spacial score (nSPS) is 10.7. The van der Waals surface area contributed by atoms with Gasteiger partial charge in [-0.05, 0) is 36.2 Å². The van der Waals surface area contributed by atoms with E-state index < -0.39 is 0 Å². The van der Waals surface area contributed by atoms with Crippen LogP contribution in [0.15, 0.2) is 48.7 Å². The van der Waals surface area contributed by atoms with E-state index in [1.54, 1.807) is 12.1 Å². The molecule has 0 atom stereocenters. The molecule has 0 spiro atoms. The van der Waals surface area contributed by atoms with E-state index in [4.69, 9.17) is 0 Å². The number of non-ortho nitro benzene ring substituents is 1. The van der Waals surface area contributed by atoms with Crippen molar-refractivity contribution in [2.75, 3.05) is 5.32 Å². The highest BCUT2D eigenvalue weighted by Gasteiger charge is 2.08. The van der Waals surface area contributed by atoms with E-state index >= 15 is 0 Å². The van der Waals surface area contributed by atoms with Gasteiger partial charge in [0, 0.05) is 41.5 Å². The first-order valence-corrected chi connectivity index (χ1v) is 6.69. The molecule has 3 rings (SSSR count). The minimum atomic E-state index is -0.378. The molecule has 5 nitrogen and oxygen atoms in total. The Balaban J connectivity index is 1.82. The number of nitro groups is 1. The van der Waals surface area contributed by atoms with Gasteiger partial charge >= 0.3 is 0 Å². The second-order valence-electron chi connectivity index (χ2n) is 4.97. The van der Waals surface area contributed by atoms with Crippen LogP contribution in [0, 0.1) is 17.0 Å². The number of nitrogens with one attached hydrogen (secondary N) is 2. The summed E-state index contributed by atoms with van der Waals surface area (Å²) >= 11 is 0. The van der Waals surface area contributed by atoms with E-state index in [0.717, 1.165) is 16.8 Å². The Labute approximate surface area is 121 Å². The molecular formula is C16H15N3O2. The summed E-state index contributed by atoms with van der Waals surface area (Å²) in [4.78, 5) is 13.6. The van der Waals surface area contributed by atoms with Crippen LogP contribution in [-0.4, -0.2) is 9.91 Å². The maximum absolute atomic E-state index is 10.7. The molecule has 5 heteroatoms. The van der Waals surface area contributed by atoms with Gasteiger partial charge in [0.05, 0.1) is 4.92 Å². The largest absolute Gasteiger partial charge is 0.381 e. The Morgan fingerprint density at radius 3 is 2.86 bits per heavy atom. The molecule has 3 aromatic rings. The number of aromatic nitrogens is 1. The molecule has 0 saturated carbocycles. The molecule has 21 heavy (non-hydrogen) atoms. The van der Waals surface area contributed by atoms with Crippen molar-refractivity contribution in [3.05, 3.63) is 69.9 Å². The van der Waals surface area contributed by atoms with Crippen LogP contribution in [0.4, 0.5) is 11.4 Å². The van der Waals surface area contributed by atoms with Crippen molar-refractivity contribution in [2.45, 2.75) is 13.5 Å². The SMILES string of the molecule is Cc1cc([N+](=O)[O-])ccc1NCc1cccc2[nH]ccc12. The lowest BCUT2D eigenvalue weighted by atomic mass is 10.1. The molecule has 0 aliphatic rings. The number of anilines is 1. The number of nitrogens with zero attached hydrogens (tertiary/aromatic N) is 1. The van der Waals surface area contributed by atoms with Gasteiger partial charge in [0.15, 0.2) is 0 Å². The molecular weight excluding hydrogens is 266 g/mol. The van der Waals surface area contributed by atoms with Gasteiger partial charge in [-0.3, -0.25) is 10.1 Å². The van der Waals surface area contributed by atoms with Crippen LogP contribution in [-0.2, 0) is 6.54 Å². The zero-order chi connectivity index (χ0) is 14.8. The number of fused-ring (bicyclic) bond motifs is 1. The quantitative estimate of drug-likeness (QED) is 0.561. The first-order chi connectivity index (χ1) is 10.1. The Morgan fingerprint density at radius 1 is 1.24 bits per heavy atom. The van der Waals surface area contributed by atoms with Gasteiger partial charge in [-0.15, -0.1) is 0 Å². The van der Waals surface area contributed by atoms with E-state index in [0.29, 0.717) is 6.54 Å². The maximum atomic E-state index is 10.7. The Bertz CT molecular complexity index is 808. The van der Waals surface area contributed by atoms with E-state index in [2.05, 4.69) is 22.4 Å². The molecule has 0 amide bonds. The standard InChI is InChI=1S/C16H15N3O2/c1-11-9-13(19(20)21)5-6-15(11)18-10-12-3-2-4-16-14(12)7-8-17-16/h2-9,17-18H,10H2,1H3. The van der Waals surface area contributed by atoms with Crippen molar-refractivity contribution >= 4 is 22.3 Å². The predicted octanol–water partition coefficient (Wildman–Crippen LogP) is 4.00. The Kier molecular flexibility index (Phi) is 3.31. The summed E-state index contributed by atoms with van der Waals surface area (Å²) in [5, 5.41) is 15.3. The van der Waals surface area contributed by atoms with Crippen molar-refractivity contribution in [1.29, 1.82) is 0 Å². The lowest BCUT2D eigenvalue weighted by molar-refractivity contribution is -0.384. The number of nitro benzene ring substituents is 1. The van der Waals surface area contributed by atoms with Gasteiger partial charge in [0.2, 0.25) is 0 Å². The van der Waals surface area contributed by atoms with Gasteiger partial charge in [-0.25, -0.2) is 0 Å². The van der Waals surface area contributed by atoms with Crippen LogP contribution in [0.2, 0.25) is 0 Å². The smallest absolute Gasteiger partial charge is 0.269 e. The van der Waals surface area contributed by atoms with Crippen LogP contribution in [0.5, 0.6) is 0 Å². The van der Waals surface area contributed by atoms with Crippen LogP contribution >= 0.6 is 0 Å². The molecule has 2 aromatic carbocycles. The number of aromatic amines is 1. The second-order valence-corrected chi connectivity index (χ2v) is 4.97. The fourth-order valence-corrected chi connectivity index (χ4v) is 2.45. The van der Waals surface area contributed by atoms with E-state index in [1.165, 1.54) is 17.0 Å². The van der Waals surface area contributed by atoms with Gasteiger partial charge in [0.1, 0.15) is 0 Å². The third-order valence-electron chi connectivity index (χ3n) is 3.58. The second kappa shape index (κ2) is 5.28. The number of benzene rings is 2. The van der Waals surface area contributed by atoms with Crippen molar-refractivity contribution in [3.63, 3.8) is 0 Å². The summed E-state index contributed by atoms with van der Waals surface area (Å²) in [5.74, 6) is 0. The number of H-pyrrole nitrogens is 1. The molecule has 0 radical (unpaired) electrons. The van der Waals surface area contributed by atoms with Crippen molar-refractivity contribution in [3.8, 4) is 0 Å². The first-order valence-electron chi connectivity index (χ1n) is 6.69. The highest BCUT2D eigenvalue weighted by atomic mass is 16.6. The summed E-state index contributed by atoms with van der Waals surface area (Å²) < 4.78 is 0. The minimum Gasteiger partial charge on any atom is -0.381 e. The molecule has 0 unspecified atom stereocenters. The summed E-state index contributed by atoms with van der Waals surface area (Å²) in [6, 6.07) is 13.0.